The van der Waals surface area contributed by atoms with Gasteiger partial charge in [-0.05, 0) is 43.9 Å². The summed E-state index contributed by atoms with van der Waals surface area (Å²) in [5.74, 6) is -1.88. The van der Waals surface area contributed by atoms with Gasteiger partial charge in [-0.15, -0.1) is 0 Å². The summed E-state index contributed by atoms with van der Waals surface area (Å²) in [6.07, 6.45) is 4.80. The van der Waals surface area contributed by atoms with Crippen LogP contribution in [0.3, 0.4) is 0 Å². The van der Waals surface area contributed by atoms with E-state index in [-0.39, 0.29) is 5.91 Å². The van der Waals surface area contributed by atoms with Gasteiger partial charge in [-0.25, -0.2) is 0 Å². The van der Waals surface area contributed by atoms with Gasteiger partial charge in [0.15, 0.2) is 0 Å². The molecule has 0 saturated carbocycles. The average Bonchev–Trinajstić information content (AvgIpc) is 2.63. The van der Waals surface area contributed by atoms with Crippen LogP contribution in [0.1, 0.15) is 24.0 Å². The van der Waals surface area contributed by atoms with Crippen molar-refractivity contribution in [2.75, 3.05) is 31.1 Å². The van der Waals surface area contributed by atoms with E-state index in [2.05, 4.69) is 36.9 Å². The molecule has 1 saturated heterocycles. The Morgan fingerprint density at radius 2 is 1.64 bits per heavy atom. The average molecular weight is 342 g/mol. The molecule has 1 amide bonds. The Labute approximate surface area is 148 Å². The van der Waals surface area contributed by atoms with Crippen LogP contribution in [0.4, 0.5) is 5.69 Å². The van der Waals surface area contributed by atoms with Crippen LogP contribution in [0.15, 0.2) is 30.4 Å². The first-order valence-electron chi connectivity index (χ1n) is 8.97. The van der Waals surface area contributed by atoms with Crippen LogP contribution in [-0.2, 0) is 9.59 Å². The number of carbonyl (C=O) groups excluding carboxylic acids is 1. The molecule has 1 N–H and O–H groups in total. The maximum atomic E-state index is 12.8. The van der Waals surface area contributed by atoms with Crippen LogP contribution in [0.5, 0.6) is 0 Å². The first-order chi connectivity index (χ1) is 12.0. The van der Waals surface area contributed by atoms with E-state index in [0.29, 0.717) is 25.9 Å². The fourth-order valence-electron chi connectivity index (χ4n) is 3.84. The minimum Gasteiger partial charge on any atom is -0.481 e. The molecule has 2 atom stereocenters. The Bertz CT molecular complexity index is 690. The number of benzene rings is 1. The zero-order valence-corrected chi connectivity index (χ0v) is 14.9. The molecule has 1 aliphatic heterocycles. The second-order valence-electron chi connectivity index (χ2n) is 7.03. The largest absolute Gasteiger partial charge is 0.481 e. The SMILES string of the molecule is Cc1cccc(N2CCN(C(=O)[C@H]3CC=CC[C@@H]3C(=O)O)CC2)c1C. The van der Waals surface area contributed by atoms with Gasteiger partial charge in [0.2, 0.25) is 5.91 Å². The molecular weight excluding hydrogens is 316 g/mol. The molecule has 1 aromatic rings. The third-order valence-corrected chi connectivity index (χ3v) is 5.57. The highest BCUT2D eigenvalue weighted by molar-refractivity contribution is 5.85. The van der Waals surface area contributed by atoms with Gasteiger partial charge in [0, 0.05) is 31.9 Å². The van der Waals surface area contributed by atoms with E-state index in [1.54, 1.807) is 0 Å². The van der Waals surface area contributed by atoms with Crippen LogP contribution in [0, 0.1) is 25.7 Å². The van der Waals surface area contributed by atoms with Gasteiger partial charge in [0.05, 0.1) is 11.8 Å². The maximum absolute atomic E-state index is 12.8. The molecule has 1 heterocycles. The number of carboxylic acid groups (broad SMARTS) is 1. The van der Waals surface area contributed by atoms with E-state index < -0.39 is 17.8 Å². The third-order valence-electron chi connectivity index (χ3n) is 5.57. The zero-order valence-electron chi connectivity index (χ0n) is 14.9. The second kappa shape index (κ2) is 7.30. The number of amides is 1. The number of nitrogens with zero attached hydrogens (tertiary/aromatic N) is 2. The molecule has 5 heteroatoms. The molecule has 134 valence electrons. The molecule has 1 aliphatic carbocycles. The van der Waals surface area contributed by atoms with Crippen molar-refractivity contribution >= 4 is 17.6 Å². The van der Waals surface area contributed by atoms with E-state index >= 15 is 0 Å². The molecule has 2 aliphatic rings. The van der Waals surface area contributed by atoms with Gasteiger partial charge in [-0.3, -0.25) is 9.59 Å². The predicted molar refractivity (Wildman–Crippen MR) is 97.7 cm³/mol. The number of aryl methyl sites for hydroxylation is 1. The van der Waals surface area contributed by atoms with Gasteiger partial charge >= 0.3 is 5.97 Å². The first-order valence-corrected chi connectivity index (χ1v) is 8.97. The lowest BCUT2D eigenvalue weighted by Crippen LogP contribution is -2.52. The number of allylic oxidation sites excluding steroid dienone is 2. The lowest BCUT2D eigenvalue weighted by molar-refractivity contribution is -0.150. The highest BCUT2D eigenvalue weighted by atomic mass is 16.4. The van der Waals surface area contributed by atoms with Crippen molar-refractivity contribution in [3.63, 3.8) is 0 Å². The van der Waals surface area contributed by atoms with Crippen LogP contribution in [-0.4, -0.2) is 48.1 Å². The van der Waals surface area contributed by atoms with Gasteiger partial charge < -0.3 is 14.9 Å². The number of carbonyl (C=O) groups is 2. The molecular formula is C20H26N2O3. The number of piperazine rings is 1. The highest BCUT2D eigenvalue weighted by Gasteiger charge is 2.37. The monoisotopic (exact) mass is 342 g/mol. The number of hydrogen-bond donors (Lipinski definition) is 1. The van der Waals surface area contributed by atoms with Crippen molar-refractivity contribution in [2.45, 2.75) is 26.7 Å². The molecule has 1 aromatic carbocycles. The molecule has 5 nitrogen and oxygen atoms in total. The van der Waals surface area contributed by atoms with Crippen molar-refractivity contribution in [1.82, 2.24) is 4.90 Å². The number of aliphatic carboxylic acids is 1. The van der Waals surface area contributed by atoms with Crippen LogP contribution in [0.25, 0.3) is 0 Å². The van der Waals surface area contributed by atoms with Crippen molar-refractivity contribution in [3.05, 3.63) is 41.5 Å². The minimum atomic E-state index is -0.864. The third kappa shape index (κ3) is 3.55. The van der Waals surface area contributed by atoms with Crippen molar-refractivity contribution in [2.24, 2.45) is 11.8 Å². The van der Waals surface area contributed by atoms with E-state index in [0.717, 1.165) is 13.1 Å². The molecule has 3 rings (SSSR count). The smallest absolute Gasteiger partial charge is 0.307 e. The fourth-order valence-corrected chi connectivity index (χ4v) is 3.84. The Hall–Kier alpha value is -2.30. The topological polar surface area (TPSA) is 60.9 Å². The summed E-state index contributed by atoms with van der Waals surface area (Å²) in [6.45, 7) is 7.12. The molecule has 0 radical (unpaired) electrons. The lowest BCUT2D eigenvalue weighted by atomic mass is 9.82. The minimum absolute atomic E-state index is 0.00244. The Morgan fingerprint density at radius 3 is 2.28 bits per heavy atom. The van der Waals surface area contributed by atoms with Crippen LogP contribution >= 0.6 is 0 Å². The standard InChI is InChI=1S/C20H26N2O3/c1-14-6-5-9-18(15(14)2)21-10-12-22(13-11-21)19(23)16-7-3-4-8-17(16)20(24)25/h3-6,9,16-17H,7-8,10-13H2,1-2H3,(H,24,25)/t16-,17-/m0/s1. The Kier molecular flexibility index (Phi) is 5.11. The first kappa shape index (κ1) is 17.5. The van der Waals surface area contributed by atoms with E-state index in [1.165, 1.54) is 16.8 Å². The number of carboxylic acids is 1. The van der Waals surface area contributed by atoms with Gasteiger partial charge in [0.25, 0.3) is 0 Å². The van der Waals surface area contributed by atoms with E-state index in [4.69, 9.17) is 0 Å². The van der Waals surface area contributed by atoms with Gasteiger partial charge in [0.1, 0.15) is 0 Å². The number of anilines is 1. The van der Waals surface area contributed by atoms with Gasteiger partial charge in [-0.2, -0.15) is 0 Å². The zero-order chi connectivity index (χ0) is 18.0. The summed E-state index contributed by atoms with van der Waals surface area (Å²) in [5, 5.41) is 9.39. The van der Waals surface area contributed by atoms with Crippen molar-refractivity contribution in [3.8, 4) is 0 Å². The van der Waals surface area contributed by atoms with Crippen molar-refractivity contribution < 1.29 is 14.7 Å². The summed E-state index contributed by atoms with van der Waals surface area (Å²) in [4.78, 5) is 28.5. The molecule has 0 aromatic heterocycles. The second-order valence-corrected chi connectivity index (χ2v) is 7.03. The van der Waals surface area contributed by atoms with Gasteiger partial charge in [-0.1, -0.05) is 24.3 Å². The Morgan fingerprint density at radius 1 is 1.00 bits per heavy atom. The van der Waals surface area contributed by atoms with E-state index in [1.807, 2.05) is 17.1 Å². The summed E-state index contributed by atoms with van der Waals surface area (Å²) in [6, 6.07) is 6.31. The molecule has 0 unspecified atom stereocenters. The summed E-state index contributed by atoms with van der Waals surface area (Å²) < 4.78 is 0. The molecule has 0 spiro atoms. The highest BCUT2D eigenvalue weighted by Crippen LogP contribution is 2.29. The van der Waals surface area contributed by atoms with E-state index in [9.17, 15) is 14.7 Å². The molecule has 1 fully saturated rings. The maximum Gasteiger partial charge on any atom is 0.307 e. The van der Waals surface area contributed by atoms with Crippen LogP contribution < -0.4 is 4.90 Å². The summed E-state index contributed by atoms with van der Waals surface area (Å²) in [5.41, 5.74) is 3.79. The fraction of sp³-hybridized carbons (Fsp3) is 0.500. The summed E-state index contributed by atoms with van der Waals surface area (Å²) in [7, 11) is 0. The number of rotatable bonds is 3. The predicted octanol–water partition coefficient (Wildman–Crippen LogP) is 2.62. The molecule has 25 heavy (non-hydrogen) atoms. The molecule has 0 bridgehead atoms. The van der Waals surface area contributed by atoms with Crippen LogP contribution in [0.2, 0.25) is 0 Å². The quantitative estimate of drug-likeness (QED) is 0.858. The van der Waals surface area contributed by atoms with Crippen molar-refractivity contribution in [1.29, 1.82) is 0 Å². The lowest BCUT2D eigenvalue weighted by Gasteiger charge is -2.39. The Balaban J connectivity index is 1.65. The normalized spacial score (nSPS) is 23.6. The summed E-state index contributed by atoms with van der Waals surface area (Å²) >= 11 is 0. The number of hydrogen-bond acceptors (Lipinski definition) is 3.